The Morgan fingerprint density at radius 3 is 2.08 bits per heavy atom. The van der Waals surface area contributed by atoms with Crippen LogP contribution in [0.4, 0.5) is 0 Å². The van der Waals surface area contributed by atoms with E-state index in [1.165, 1.54) is 16.7 Å². The van der Waals surface area contributed by atoms with Crippen molar-refractivity contribution in [1.82, 2.24) is 14.7 Å². The molecule has 36 heavy (non-hydrogen) atoms. The Kier molecular flexibility index (Phi) is 8.44. The molecule has 1 N–H and O–H groups in total. The standard InChI is InChI=1S/C31H39N3O2/c1-5-32(6-2)31(36)28-16-14-27(15-17-28)30(26-10-8-7-9-11-26)34-21-23(3)33(20-24(34)4)22-25-12-18-29(35)19-13-25/h7-19,23-24,30,35H,5-6,20-22H2,1-4H3/t23-,24+,30-/m1/s1. The molecular formula is C31H39N3O2. The van der Waals surface area contributed by atoms with Crippen molar-refractivity contribution >= 4 is 5.91 Å². The second kappa shape index (κ2) is 11.7. The number of rotatable bonds is 8. The van der Waals surface area contributed by atoms with Crippen molar-refractivity contribution in [2.75, 3.05) is 26.2 Å². The van der Waals surface area contributed by atoms with Gasteiger partial charge in [0.15, 0.2) is 0 Å². The molecule has 1 fully saturated rings. The van der Waals surface area contributed by atoms with Crippen molar-refractivity contribution < 1.29 is 9.90 Å². The Bertz CT molecular complexity index is 1110. The van der Waals surface area contributed by atoms with Crippen molar-refractivity contribution in [2.24, 2.45) is 0 Å². The normalized spacial score (nSPS) is 19.7. The lowest BCUT2D eigenvalue weighted by atomic mass is 9.92. The molecule has 3 aromatic carbocycles. The monoisotopic (exact) mass is 485 g/mol. The largest absolute Gasteiger partial charge is 0.508 e. The number of aromatic hydroxyl groups is 1. The highest BCUT2D eigenvalue weighted by Crippen LogP contribution is 2.34. The van der Waals surface area contributed by atoms with Crippen LogP contribution >= 0.6 is 0 Å². The van der Waals surface area contributed by atoms with Gasteiger partial charge in [0.1, 0.15) is 5.75 Å². The van der Waals surface area contributed by atoms with E-state index in [1.807, 2.05) is 43.0 Å². The summed E-state index contributed by atoms with van der Waals surface area (Å²) in [5.74, 6) is 0.396. The smallest absolute Gasteiger partial charge is 0.253 e. The number of hydrogen-bond donors (Lipinski definition) is 1. The summed E-state index contributed by atoms with van der Waals surface area (Å²) in [6, 6.07) is 27.3. The third-order valence-corrected chi connectivity index (χ3v) is 7.46. The van der Waals surface area contributed by atoms with E-state index >= 15 is 0 Å². The molecule has 1 aliphatic heterocycles. The van der Waals surface area contributed by atoms with E-state index in [1.54, 1.807) is 12.1 Å². The van der Waals surface area contributed by atoms with E-state index in [4.69, 9.17) is 0 Å². The summed E-state index contributed by atoms with van der Waals surface area (Å²) < 4.78 is 0. The van der Waals surface area contributed by atoms with Crippen LogP contribution in [-0.4, -0.2) is 64.0 Å². The molecule has 1 amide bonds. The molecule has 1 saturated heterocycles. The molecule has 3 atom stereocenters. The molecule has 3 aromatic rings. The quantitative estimate of drug-likeness (QED) is 0.454. The maximum Gasteiger partial charge on any atom is 0.253 e. The molecule has 0 radical (unpaired) electrons. The van der Waals surface area contributed by atoms with Crippen LogP contribution in [0.1, 0.15) is 60.8 Å². The third-order valence-electron chi connectivity index (χ3n) is 7.46. The lowest BCUT2D eigenvalue weighted by molar-refractivity contribution is 0.0195. The second-order valence-corrected chi connectivity index (χ2v) is 9.90. The minimum atomic E-state index is 0.0904. The van der Waals surface area contributed by atoms with Gasteiger partial charge in [0.25, 0.3) is 5.91 Å². The van der Waals surface area contributed by atoms with Crippen LogP contribution in [0.5, 0.6) is 5.75 Å². The van der Waals surface area contributed by atoms with Gasteiger partial charge in [0.05, 0.1) is 6.04 Å². The Hall–Kier alpha value is -3.15. The summed E-state index contributed by atoms with van der Waals surface area (Å²) in [5, 5.41) is 9.63. The van der Waals surface area contributed by atoms with Crippen molar-refractivity contribution in [3.63, 3.8) is 0 Å². The molecular weight excluding hydrogens is 446 g/mol. The summed E-state index contributed by atoms with van der Waals surface area (Å²) in [5.41, 5.74) is 4.44. The lowest BCUT2D eigenvalue weighted by Gasteiger charge is -2.47. The fraction of sp³-hybridized carbons (Fsp3) is 0.387. The highest BCUT2D eigenvalue weighted by Gasteiger charge is 2.34. The van der Waals surface area contributed by atoms with E-state index in [9.17, 15) is 9.90 Å². The first kappa shape index (κ1) is 25.9. The van der Waals surface area contributed by atoms with Crippen molar-refractivity contribution in [2.45, 2.75) is 52.4 Å². The molecule has 0 aliphatic carbocycles. The minimum absolute atomic E-state index is 0.0904. The predicted molar refractivity (Wildman–Crippen MR) is 146 cm³/mol. The molecule has 4 rings (SSSR count). The fourth-order valence-electron chi connectivity index (χ4n) is 5.35. The third kappa shape index (κ3) is 5.80. The molecule has 1 aliphatic rings. The first-order valence-corrected chi connectivity index (χ1v) is 13.1. The first-order chi connectivity index (χ1) is 17.4. The zero-order valence-corrected chi connectivity index (χ0v) is 22.0. The minimum Gasteiger partial charge on any atom is -0.508 e. The molecule has 0 spiro atoms. The van der Waals surface area contributed by atoms with Gasteiger partial charge >= 0.3 is 0 Å². The maximum atomic E-state index is 12.9. The average molecular weight is 486 g/mol. The van der Waals surface area contributed by atoms with Gasteiger partial charge in [-0.25, -0.2) is 0 Å². The highest BCUT2D eigenvalue weighted by atomic mass is 16.3. The summed E-state index contributed by atoms with van der Waals surface area (Å²) in [6.07, 6.45) is 0. The number of nitrogens with zero attached hydrogens (tertiary/aromatic N) is 3. The van der Waals surface area contributed by atoms with Crippen molar-refractivity contribution in [3.05, 3.63) is 101 Å². The van der Waals surface area contributed by atoms with Crippen LogP contribution in [0.15, 0.2) is 78.9 Å². The van der Waals surface area contributed by atoms with E-state index in [0.29, 0.717) is 30.9 Å². The number of hydrogen-bond acceptors (Lipinski definition) is 4. The zero-order chi connectivity index (χ0) is 25.7. The molecule has 0 aromatic heterocycles. The van der Waals surface area contributed by atoms with Crippen LogP contribution in [0.3, 0.4) is 0 Å². The van der Waals surface area contributed by atoms with Crippen molar-refractivity contribution in [3.8, 4) is 5.75 Å². The molecule has 1 heterocycles. The Morgan fingerprint density at radius 1 is 0.861 bits per heavy atom. The van der Waals surface area contributed by atoms with Gasteiger partial charge in [-0.1, -0.05) is 54.6 Å². The van der Waals surface area contributed by atoms with E-state index in [-0.39, 0.29) is 11.9 Å². The number of piperazine rings is 1. The summed E-state index contributed by atoms with van der Waals surface area (Å²) in [7, 11) is 0. The number of phenolic OH excluding ortho intramolecular Hbond substituents is 1. The Morgan fingerprint density at radius 2 is 1.47 bits per heavy atom. The molecule has 190 valence electrons. The zero-order valence-electron chi connectivity index (χ0n) is 22.0. The summed E-state index contributed by atoms with van der Waals surface area (Å²) in [4.78, 5) is 19.9. The van der Waals surface area contributed by atoms with Crippen LogP contribution in [0.2, 0.25) is 0 Å². The maximum absolute atomic E-state index is 12.9. The topological polar surface area (TPSA) is 47.0 Å². The van der Waals surface area contributed by atoms with Gasteiger partial charge < -0.3 is 10.0 Å². The van der Waals surface area contributed by atoms with E-state index < -0.39 is 0 Å². The molecule has 0 unspecified atom stereocenters. The predicted octanol–water partition coefficient (Wildman–Crippen LogP) is 5.56. The van der Waals surface area contributed by atoms with Gasteiger partial charge in [-0.3, -0.25) is 14.6 Å². The Balaban J connectivity index is 1.58. The van der Waals surface area contributed by atoms with Crippen molar-refractivity contribution in [1.29, 1.82) is 0 Å². The lowest BCUT2D eigenvalue weighted by Crippen LogP contribution is -2.56. The fourth-order valence-corrected chi connectivity index (χ4v) is 5.35. The molecule has 5 heteroatoms. The molecule has 5 nitrogen and oxygen atoms in total. The van der Waals surface area contributed by atoms with E-state index in [2.05, 4.69) is 66.1 Å². The van der Waals surface area contributed by atoms with Crippen LogP contribution in [0.25, 0.3) is 0 Å². The van der Waals surface area contributed by atoms with Gasteiger partial charge in [-0.2, -0.15) is 0 Å². The second-order valence-electron chi connectivity index (χ2n) is 9.90. The number of carbonyl (C=O) groups is 1. The first-order valence-electron chi connectivity index (χ1n) is 13.1. The number of amides is 1. The SMILES string of the molecule is CCN(CC)C(=O)c1ccc([C@@H](c2ccccc2)N2C[C@@H](C)N(Cc3ccc(O)cc3)C[C@@H]2C)cc1. The summed E-state index contributed by atoms with van der Waals surface area (Å²) >= 11 is 0. The van der Waals surface area contributed by atoms with Crippen LogP contribution in [0, 0.1) is 0 Å². The van der Waals surface area contributed by atoms with Gasteiger partial charge in [-0.15, -0.1) is 0 Å². The number of benzene rings is 3. The van der Waals surface area contributed by atoms with Crippen LogP contribution < -0.4 is 0 Å². The molecule has 0 bridgehead atoms. The number of carbonyl (C=O) groups excluding carboxylic acids is 1. The van der Waals surface area contributed by atoms with Crippen LogP contribution in [-0.2, 0) is 6.54 Å². The average Bonchev–Trinajstić information content (AvgIpc) is 2.90. The molecule has 0 saturated carbocycles. The number of phenols is 1. The Labute approximate surface area is 216 Å². The van der Waals surface area contributed by atoms with Gasteiger partial charge in [0, 0.05) is 50.4 Å². The van der Waals surface area contributed by atoms with Gasteiger partial charge in [-0.05, 0) is 68.7 Å². The summed E-state index contributed by atoms with van der Waals surface area (Å²) in [6.45, 7) is 12.9. The van der Waals surface area contributed by atoms with Gasteiger partial charge in [0.2, 0.25) is 0 Å². The van der Waals surface area contributed by atoms with E-state index in [0.717, 1.165) is 25.2 Å². The highest BCUT2D eigenvalue weighted by molar-refractivity contribution is 5.94.